The van der Waals surface area contributed by atoms with Crippen LogP contribution in [0.3, 0.4) is 0 Å². The molecule has 0 bridgehead atoms. The van der Waals surface area contributed by atoms with E-state index in [2.05, 4.69) is 36.5 Å². The lowest BCUT2D eigenvalue weighted by Crippen LogP contribution is -2.46. The second kappa shape index (κ2) is 6.25. The zero-order chi connectivity index (χ0) is 13.0. The van der Waals surface area contributed by atoms with E-state index in [0.717, 1.165) is 12.2 Å². The smallest absolute Gasteiger partial charge is 0.248 e. The number of carbonyl (C=O) groups is 1. The van der Waals surface area contributed by atoms with Crippen LogP contribution in [0.25, 0.3) is 0 Å². The van der Waals surface area contributed by atoms with E-state index in [9.17, 15) is 9.90 Å². The average Bonchev–Trinajstić information content (AvgIpc) is 2.41. The fourth-order valence-corrected chi connectivity index (χ4v) is 3.12. The monoisotopic (exact) mass is 265 g/mol. The van der Waals surface area contributed by atoms with Crippen LogP contribution in [0, 0.1) is 0 Å². The van der Waals surface area contributed by atoms with E-state index in [-0.39, 0.29) is 5.91 Å². The number of amides is 1. The Balaban J connectivity index is 1.82. The molecule has 1 aliphatic rings. The molecule has 2 atom stereocenters. The first-order valence-electron chi connectivity index (χ1n) is 6.34. The summed E-state index contributed by atoms with van der Waals surface area (Å²) in [6.45, 7) is 2.81. The third-order valence-corrected chi connectivity index (χ3v) is 4.54. The number of aliphatic hydroxyl groups excluding tert-OH is 1. The number of nitrogens with one attached hydrogen (secondary N) is 1. The van der Waals surface area contributed by atoms with E-state index in [1.165, 1.54) is 11.1 Å². The molecular weight excluding hydrogens is 246 g/mol. The predicted molar refractivity (Wildman–Crippen MR) is 74.5 cm³/mol. The molecule has 1 heterocycles. The molecule has 0 saturated carbocycles. The minimum absolute atomic E-state index is 0.237. The highest BCUT2D eigenvalue weighted by molar-refractivity contribution is 7.99. The molecule has 2 N–H and O–H groups in total. The summed E-state index contributed by atoms with van der Waals surface area (Å²) in [6, 6.07) is 8.63. The van der Waals surface area contributed by atoms with Crippen LogP contribution >= 0.6 is 11.8 Å². The van der Waals surface area contributed by atoms with Gasteiger partial charge in [0.2, 0.25) is 5.91 Å². The maximum absolute atomic E-state index is 11.1. The highest BCUT2D eigenvalue weighted by atomic mass is 32.2. The lowest BCUT2D eigenvalue weighted by Gasteiger charge is -2.25. The first-order valence-corrected chi connectivity index (χ1v) is 7.39. The molecule has 2 rings (SSSR count). The number of piperidine rings is 1. The van der Waals surface area contributed by atoms with Crippen molar-refractivity contribution in [2.75, 3.05) is 6.54 Å². The van der Waals surface area contributed by atoms with Crippen LogP contribution in [0.4, 0.5) is 0 Å². The van der Waals surface area contributed by atoms with Crippen LogP contribution in [0.15, 0.2) is 24.3 Å². The summed E-state index contributed by atoms with van der Waals surface area (Å²) in [7, 11) is 0. The lowest BCUT2D eigenvalue weighted by molar-refractivity contribution is -0.131. The van der Waals surface area contributed by atoms with Gasteiger partial charge in [0.1, 0.15) is 6.10 Å². The predicted octanol–water partition coefficient (Wildman–Crippen LogP) is 1.73. The van der Waals surface area contributed by atoms with Crippen molar-refractivity contribution in [2.24, 2.45) is 0 Å². The lowest BCUT2D eigenvalue weighted by atomic mass is 10.1. The topological polar surface area (TPSA) is 49.3 Å². The molecule has 1 amide bonds. The minimum atomic E-state index is -0.835. The maximum atomic E-state index is 11.1. The Kier molecular flexibility index (Phi) is 4.66. The summed E-state index contributed by atoms with van der Waals surface area (Å²) in [6.07, 6.45) is 0.788. The Labute approximate surface area is 112 Å². The number of hydrogen-bond donors (Lipinski definition) is 2. The molecule has 98 valence electrons. The van der Waals surface area contributed by atoms with Gasteiger partial charge in [0.25, 0.3) is 0 Å². The maximum Gasteiger partial charge on any atom is 0.248 e. The molecule has 1 aliphatic heterocycles. The molecule has 3 nitrogen and oxygen atoms in total. The Bertz CT molecular complexity index is 405. The van der Waals surface area contributed by atoms with Crippen molar-refractivity contribution in [1.82, 2.24) is 5.32 Å². The highest BCUT2D eigenvalue weighted by Crippen LogP contribution is 2.23. The molecule has 1 aromatic rings. The van der Waals surface area contributed by atoms with Gasteiger partial charge in [-0.05, 0) is 24.0 Å². The quantitative estimate of drug-likeness (QED) is 0.871. The zero-order valence-corrected chi connectivity index (χ0v) is 11.4. The average molecular weight is 265 g/mol. The standard InChI is InChI=1S/C14H19NO2S/c1-2-10-3-5-11(6-4-10)9-18-12-7-13(16)14(17)15-8-12/h3-6,12-13,16H,2,7-9H2,1H3,(H,15,17). The van der Waals surface area contributed by atoms with Gasteiger partial charge in [-0.25, -0.2) is 0 Å². The molecule has 2 unspecified atom stereocenters. The Hall–Kier alpha value is -1.00. The Morgan fingerprint density at radius 2 is 2.00 bits per heavy atom. The van der Waals surface area contributed by atoms with Crippen molar-refractivity contribution in [3.63, 3.8) is 0 Å². The zero-order valence-electron chi connectivity index (χ0n) is 10.6. The number of carbonyl (C=O) groups excluding carboxylic acids is 1. The van der Waals surface area contributed by atoms with Gasteiger partial charge in [0.05, 0.1) is 0 Å². The van der Waals surface area contributed by atoms with Crippen LogP contribution in [0.5, 0.6) is 0 Å². The van der Waals surface area contributed by atoms with Crippen molar-refractivity contribution in [1.29, 1.82) is 0 Å². The van der Waals surface area contributed by atoms with E-state index in [0.29, 0.717) is 18.2 Å². The second-order valence-electron chi connectivity index (χ2n) is 4.60. The largest absolute Gasteiger partial charge is 0.383 e. The molecule has 1 fully saturated rings. The number of thioether (sulfide) groups is 1. The summed E-state index contributed by atoms with van der Waals surface area (Å²) in [5.41, 5.74) is 2.65. The third kappa shape index (κ3) is 3.50. The number of hydrogen-bond acceptors (Lipinski definition) is 3. The SMILES string of the molecule is CCc1ccc(CSC2CNC(=O)C(O)C2)cc1. The summed E-state index contributed by atoms with van der Waals surface area (Å²) < 4.78 is 0. The van der Waals surface area contributed by atoms with Gasteiger partial charge in [-0.2, -0.15) is 11.8 Å². The van der Waals surface area contributed by atoms with Crippen molar-refractivity contribution >= 4 is 17.7 Å². The van der Waals surface area contributed by atoms with Gasteiger partial charge in [-0.3, -0.25) is 4.79 Å². The number of aryl methyl sites for hydroxylation is 1. The second-order valence-corrected chi connectivity index (χ2v) is 5.89. The molecule has 0 spiro atoms. The summed E-state index contributed by atoms with van der Waals surface area (Å²) in [5.74, 6) is 0.691. The van der Waals surface area contributed by atoms with Gasteiger partial charge in [-0.1, -0.05) is 31.2 Å². The minimum Gasteiger partial charge on any atom is -0.383 e. The van der Waals surface area contributed by atoms with Gasteiger partial charge in [0, 0.05) is 17.5 Å². The Morgan fingerprint density at radius 1 is 1.33 bits per heavy atom. The van der Waals surface area contributed by atoms with Crippen LogP contribution < -0.4 is 5.32 Å². The molecular formula is C14H19NO2S. The molecule has 0 radical (unpaired) electrons. The summed E-state index contributed by atoms with van der Waals surface area (Å²) in [4.78, 5) is 11.1. The Morgan fingerprint density at radius 3 is 2.61 bits per heavy atom. The van der Waals surface area contributed by atoms with Crippen LogP contribution in [-0.4, -0.2) is 28.9 Å². The van der Waals surface area contributed by atoms with Crippen molar-refractivity contribution in [3.8, 4) is 0 Å². The van der Waals surface area contributed by atoms with Gasteiger partial charge in [-0.15, -0.1) is 0 Å². The van der Waals surface area contributed by atoms with Gasteiger partial charge >= 0.3 is 0 Å². The van der Waals surface area contributed by atoms with Crippen LogP contribution in [0.1, 0.15) is 24.5 Å². The molecule has 1 aromatic carbocycles. The number of benzene rings is 1. The summed E-state index contributed by atoms with van der Waals surface area (Å²) in [5, 5.41) is 12.5. The fourth-order valence-electron chi connectivity index (χ4n) is 1.98. The molecule has 4 heteroatoms. The van der Waals surface area contributed by atoms with E-state index in [4.69, 9.17) is 0 Å². The fraction of sp³-hybridized carbons (Fsp3) is 0.500. The van der Waals surface area contributed by atoms with E-state index in [1.54, 1.807) is 11.8 Å². The number of aliphatic hydroxyl groups is 1. The summed E-state index contributed by atoms with van der Waals surface area (Å²) >= 11 is 1.79. The van der Waals surface area contributed by atoms with E-state index in [1.807, 2.05) is 0 Å². The van der Waals surface area contributed by atoms with Crippen LogP contribution in [0.2, 0.25) is 0 Å². The van der Waals surface area contributed by atoms with Crippen LogP contribution in [-0.2, 0) is 17.0 Å². The first kappa shape index (κ1) is 13.4. The third-order valence-electron chi connectivity index (χ3n) is 3.21. The number of rotatable bonds is 4. The van der Waals surface area contributed by atoms with E-state index < -0.39 is 6.10 Å². The molecule has 18 heavy (non-hydrogen) atoms. The molecule has 0 aromatic heterocycles. The molecule has 0 aliphatic carbocycles. The van der Waals surface area contributed by atoms with Gasteiger partial charge < -0.3 is 10.4 Å². The van der Waals surface area contributed by atoms with Crippen molar-refractivity contribution in [3.05, 3.63) is 35.4 Å². The first-order chi connectivity index (χ1) is 8.69. The normalized spacial score (nSPS) is 23.8. The van der Waals surface area contributed by atoms with E-state index >= 15 is 0 Å². The van der Waals surface area contributed by atoms with Crippen molar-refractivity contribution < 1.29 is 9.90 Å². The molecule has 1 saturated heterocycles. The van der Waals surface area contributed by atoms with Gasteiger partial charge in [0.15, 0.2) is 0 Å². The van der Waals surface area contributed by atoms with Crippen molar-refractivity contribution in [2.45, 2.75) is 36.9 Å². The highest BCUT2D eigenvalue weighted by Gasteiger charge is 2.26.